The second kappa shape index (κ2) is 8.34. The smallest absolute Gasteiger partial charge is 0.225 e. The van der Waals surface area contributed by atoms with Gasteiger partial charge in [-0.3, -0.25) is 9.69 Å². The Balaban J connectivity index is 1.48. The normalized spacial score (nSPS) is 14.8. The Bertz CT molecular complexity index is 821. The second-order valence-corrected chi connectivity index (χ2v) is 6.69. The number of hydrogen-bond acceptors (Lipinski definition) is 3. The number of nitrogens with zero attached hydrogens (tertiary/aromatic N) is 1. The number of carbonyl (C=O) groups excluding carboxylic acids is 1. The first-order valence-electron chi connectivity index (χ1n) is 8.47. The third kappa shape index (κ3) is 4.84. The molecular weight excluding hydrogens is 355 g/mol. The molecule has 6 heteroatoms. The van der Waals surface area contributed by atoms with Gasteiger partial charge in [-0.2, -0.15) is 0 Å². The number of carbonyl (C=O) groups is 1. The summed E-state index contributed by atoms with van der Waals surface area (Å²) in [5.41, 5.74) is 2.50. The minimum absolute atomic E-state index is 0.146. The number of hydrogen-bond donors (Lipinski definition) is 2. The van der Waals surface area contributed by atoms with Crippen LogP contribution in [0.1, 0.15) is 18.4 Å². The maximum atomic E-state index is 13.7. The summed E-state index contributed by atoms with van der Waals surface area (Å²) < 4.78 is 13.7. The van der Waals surface area contributed by atoms with Gasteiger partial charge in [0.1, 0.15) is 11.6 Å². The van der Waals surface area contributed by atoms with Gasteiger partial charge >= 0.3 is 0 Å². The number of nitrogens with one attached hydrogen (secondary N) is 1. The Labute approximate surface area is 156 Å². The van der Waals surface area contributed by atoms with Crippen molar-refractivity contribution in [2.24, 2.45) is 0 Å². The Morgan fingerprint density at radius 3 is 2.65 bits per heavy atom. The Morgan fingerprint density at radius 1 is 1.23 bits per heavy atom. The molecule has 2 aromatic carbocycles. The van der Waals surface area contributed by atoms with Gasteiger partial charge in [-0.25, -0.2) is 4.39 Å². The first-order valence-corrected chi connectivity index (χ1v) is 8.85. The van der Waals surface area contributed by atoms with Crippen molar-refractivity contribution in [3.63, 3.8) is 0 Å². The summed E-state index contributed by atoms with van der Waals surface area (Å²) in [5, 5.41) is 12.2. The highest BCUT2D eigenvalue weighted by atomic mass is 35.5. The number of phenols is 1. The summed E-state index contributed by atoms with van der Waals surface area (Å²) >= 11 is 5.70. The Hall–Kier alpha value is -2.37. The van der Waals surface area contributed by atoms with Crippen molar-refractivity contribution in [3.05, 3.63) is 64.9 Å². The lowest BCUT2D eigenvalue weighted by Crippen LogP contribution is -2.31. The molecule has 2 N–H and O–H groups in total. The Kier molecular flexibility index (Phi) is 5.91. The molecule has 1 aliphatic heterocycles. The fourth-order valence-electron chi connectivity index (χ4n) is 2.92. The van der Waals surface area contributed by atoms with Gasteiger partial charge < -0.3 is 10.4 Å². The summed E-state index contributed by atoms with van der Waals surface area (Å²) in [6.45, 7) is 2.23. The molecule has 26 heavy (non-hydrogen) atoms. The molecule has 0 aliphatic carbocycles. The fraction of sp³-hybridized carbons (Fsp3) is 0.250. The summed E-state index contributed by atoms with van der Waals surface area (Å²) in [6, 6.07) is 11.4. The van der Waals surface area contributed by atoms with Crippen LogP contribution in [0.5, 0.6) is 5.75 Å². The number of aromatic hydroxyl groups is 1. The van der Waals surface area contributed by atoms with Crippen LogP contribution in [0.25, 0.3) is 5.57 Å². The molecule has 0 aromatic heterocycles. The van der Waals surface area contributed by atoms with E-state index in [-0.39, 0.29) is 17.3 Å². The quantitative estimate of drug-likeness (QED) is 0.820. The van der Waals surface area contributed by atoms with E-state index in [0.717, 1.165) is 25.1 Å². The number of benzene rings is 2. The molecule has 3 rings (SSSR count). The van der Waals surface area contributed by atoms with Crippen molar-refractivity contribution in [1.29, 1.82) is 0 Å². The van der Waals surface area contributed by atoms with Crippen molar-refractivity contribution in [2.45, 2.75) is 12.8 Å². The van der Waals surface area contributed by atoms with Gasteiger partial charge in [-0.15, -0.1) is 0 Å². The van der Waals surface area contributed by atoms with E-state index in [9.17, 15) is 14.3 Å². The molecule has 0 atom stereocenters. The topological polar surface area (TPSA) is 52.6 Å². The third-order valence-electron chi connectivity index (χ3n) is 4.39. The summed E-state index contributed by atoms with van der Waals surface area (Å²) in [7, 11) is 0. The molecule has 0 fully saturated rings. The maximum absolute atomic E-state index is 13.7. The lowest BCUT2D eigenvalue weighted by Gasteiger charge is -2.26. The van der Waals surface area contributed by atoms with Gasteiger partial charge in [0.2, 0.25) is 5.91 Å². The van der Waals surface area contributed by atoms with Crippen LogP contribution in [-0.4, -0.2) is 35.5 Å². The van der Waals surface area contributed by atoms with Crippen LogP contribution in [0.3, 0.4) is 0 Å². The van der Waals surface area contributed by atoms with Crippen molar-refractivity contribution < 1.29 is 14.3 Å². The van der Waals surface area contributed by atoms with E-state index in [2.05, 4.69) is 16.3 Å². The van der Waals surface area contributed by atoms with Crippen LogP contribution >= 0.6 is 11.6 Å². The van der Waals surface area contributed by atoms with Crippen LogP contribution in [0.2, 0.25) is 5.02 Å². The molecule has 0 radical (unpaired) electrons. The van der Waals surface area contributed by atoms with Crippen molar-refractivity contribution >= 4 is 28.8 Å². The number of halogens is 2. The minimum Gasteiger partial charge on any atom is -0.508 e. The zero-order chi connectivity index (χ0) is 18.5. The average molecular weight is 375 g/mol. The van der Waals surface area contributed by atoms with Gasteiger partial charge in [0.15, 0.2) is 0 Å². The first kappa shape index (κ1) is 18.4. The molecule has 0 unspecified atom stereocenters. The van der Waals surface area contributed by atoms with Crippen molar-refractivity contribution in [3.8, 4) is 5.75 Å². The van der Waals surface area contributed by atoms with Gasteiger partial charge in [-0.1, -0.05) is 29.8 Å². The van der Waals surface area contributed by atoms with Crippen molar-refractivity contribution in [2.75, 3.05) is 25.0 Å². The number of phenolic OH excluding ortho intramolecular Hbond substituents is 1. The molecular formula is C20H20ClFN2O2. The van der Waals surface area contributed by atoms with E-state index >= 15 is 0 Å². The van der Waals surface area contributed by atoms with Gasteiger partial charge in [0.05, 0.1) is 5.69 Å². The summed E-state index contributed by atoms with van der Waals surface area (Å²) in [4.78, 5) is 14.2. The van der Waals surface area contributed by atoms with E-state index < -0.39 is 5.82 Å². The average Bonchev–Trinajstić information content (AvgIpc) is 2.63. The van der Waals surface area contributed by atoms with Gasteiger partial charge in [0.25, 0.3) is 0 Å². The predicted molar refractivity (Wildman–Crippen MR) is 102 cm³/mol. The summed E-state index contributed by atoms with van der Waals surface area (Å²) in [6.07, 6.45) is 3.33. The monoisotopic (exact) mass is 374 g/mol. The van der Waals surface area contributed by atoms with E-state index in [1.807, 2.05) is 12.1 Å². The second-order valence-electron chi connectivity index (χ2n) is 6.25. The molecule has 0 bridgehead atoms. The zero-order valence-corrected chi connectivity index (χ0v) is 15.0. The maximum Gasteiger partial charge on any atom is 0.225 e. The summed E-state index contributed by atoms with van der Waals surface area (Å²) in [5.74, 6) is -0.500. The number of amides is 1. The molecule has 2 aromatic rings. The molecule has 4 nitrogen and oxygen atoms in total. The van der Waals surface area contributed by atoms with E-state index in [1.165, 1.54) is 17.7 Å². The van der Waals surface area contributed by atoms with Crippen LogP contribution in [-0.2, 0) is 4.79 Å². The third-order valence-corrected chi connectivity index (χ3v) is 4.63. The lowest BCUT2D eigenvalue weighted by atomic mass is 9.99. The highest BCUT2D eigenvalue weighted by Gasteiger charge is 2.15. The highest BCUT2D eigenvalue weighted by molar-refractivity contribution is 6.30. The molecule has 0 saturated carbocycles. The van der Waals surface area contributed by atoms with Crippen LogP contribution in [0.15, 0.2) is 48.5 Å². The zero-order valence-electron chi connectivity index (χ0n) is 14.2. The fourth-order valence-corrected chi connectivity index (χ4v) is 3.07. The minimum atomic E-state index is -0.537. The molecule has 0 saturated heterocycles. The molecule has 1 amide bonds. The van der Waals surface area contributed by atoms with Crippen molar-refractivity contribution in [1.82, 2.24) is 4.90 Å². The highest BCUT2D eigenvalue weighted by Crippen LogP contribution is 2.24. The SMILES string of the molecule is O=C(CCN1CC=C(c2ccc(O)cc2)CC1)Nc1ccc(Cl)cc1F. The Morgan fingerprint density at radius 2 is 2.00 bits per heavy atom. The largest absolute Gasteiger partial charge is 0.508 e. The molecule has 136 valence electrons. The van der Waals surface area contributed by atoms with Gasteiger partial charge in [0, 0.05) is 31.1 Å². The van der Waals surface area contributed by atoms with Crippen LogP contribution in [0, 0.1) is 5.82 Å². The van der Waals surface area contributed by atoms with E-state index in [1.54, 1.807) is 18.2 Å². The molecule has 1 heterocycles. The first-order chi connectivity index (χ1) is 12.5. The number of rotatable bonds is 5. The van der Waals surface area contributed by atoms with Crippen LogP contribution < -0.4 is 5.32 Å². The lowest BCUT2D eigenvalue weighted by molar-refractivity contribution is -0.116. The van der Waals surface area contributed by atoms with Crippen LogP contribution in [0.4, 0.5) is 10.1 Å². The number of anilines is 1. The molecule has 0 spiro atoms. The predicted octanol–water partition coefficient (Wildman–Crippen LogP) is 4.30. The van der Waals surface area contributed by atoms with E-state index in [0.29, 0.717) is 18.0 Å². The molecule has 1 aliphatic rings. The standard InChI is InChI=1S/C20H20ClFN2O2/c21-16-3-6-19(18(22)13-16)23-20(26)9-12-24-10-7-15(8-11-24)14-1-4-17(25)5-2-14/h1-7,13,25H,8-12H2,(H,23,26). The van der Waals surface area contributed by atoms with E-state index in [4.69, 9.17) is 11.6 Å². The van der Waals surface area contributed by atoms with Gasteiger partial charge in [-0.05, 0) is 47.9 Å².